The number of hydrogen-bond acceptors (Lipinski definition) is 5. The Balaban J connectivity index is 2.05. The second-order valence-electron chi connectivity index (χ2n) is 6.53. The summed E-state index contributed by atoms with van der Waals surface area (Å²) in [5.41, 5.74) is 1.51. The van der Waals surface area contributed by atoms with Crippen LogP contribution in [0, 0.1) is 5.82 Å². The molecule has 1 aromatic heterocycles. The minimum absolute atomic E-state index is 0.0119. The van der Waals surface area contributed by atoms with Crippen LogP contribution in [-0.2, 0) is 4.79 Å². The Labute approximate surface area is 177 Å². The van der Waals surface area contributed by atoms with E-state index in [4.69, 9.17) is 21.4 Å². The number of hydrogen-bond donors (Lipinski definition) is 3. The Hall–Kier alpha value is -3.32. The number of carbonyl (C=O) groups is 1. The van der Waals surface area contributed by atoms with Gasteiger partial charge in [0.1, 0.15) is 23.1 Å². The summed E-state index contributed by atoms with van der Waals surface area (Å²) in [6.07, 6.45) is 0.406. The van der Waals surface area contributed by atoms with Crippen LogP contribution in [0.2, 0.25) is 5.02 Å². The summed E-state index contributed by atoms with van der Waals surface area (Å²) in [5.74, 6) is -0.537. The third-order valence-corrected chi connectivity index (χ3v) is 4.75. The van der Waals surface area contributed by atoms with E-state index in [1.165, 1.54) is 25.3 Å². The van der Waals surface area contributed by atoms with Crippen LogP contribution in [-0.4, -0.2) is 34.8 Å². The van der Waals surface area contributed by atoms with Gasteiger partial charge in [0, 0.05) is 30.2 Å². The number of nitrogens with zero attached hydrogens (tertiary/aromatic N) is 1. The second kappa shape index (κ2) is 9.45. The molecule has 156 valence electrons. The van der Waals surface area contributed by atoms with E-state index in [2.05, 4.69) is 10.3 Å². The van der Waals surface area contributed by atoms with Gasteiger partial charge in [-0.3, -0.25) is 4.79 Å². The van der Waals surface area contributed by atoms with Crippen molar-refractivity contribution < 1.29 is 24.1 Å². The van der Waals surface area contributed by atoms with Crippen molar-refractivity contribution >= 4 is 23.4 Å². The molecular weight excluding hydrogens is 411 g/mol. The molecule has 0 unspecified atom stereocenters. The van der Waals surface area contributed by atoms with Crippen molar-refractivity contribution in [2.45, 2.75) is 12.8 Å². The highest BCUT2D eigenvalue weighted by Crippen LogP contribution is 2.37. The van der Waals surface area contributed by atoms with E-state index < -0.39 is 11.8 Å². The zero-order valence-corrected chi connectivity index (χ0v) is 16.9. The normalized spacial score (nSPS) is 10.6. The van der Waals surface area contributed by atoms with Crippen LogP contribution in [0.15, 0.2) is 48.5 Å². The van der Waals surface area contributed by atoms with Crippen molar-refractivity contribution in [1.82, 2.24) is 4.98 Å². The maximum atomic E-state index is 14.5. The number of phenols is 1. The molecule has 30 heavy (non-hydrogen) atoms. The molecule has 3 rings (SSSR count). The molecule has 3 N–H and O–H groups in total. The molecule has 0 aliphatic heterocycles. The number of carboxylic acids is 1. The zero-order valence-electron chi connectivity index (χ0n) is 16.2. The van der Waals surface area contributed by atoms with Gasteiger partial charge in [0.15, 0.2) is 0 Å². The van der Waals surface area contributed by atoms with Gasteiger partial charge in [0.05, 0.1) is 17.8 Å². The Kier molecular flexibility index (Phi) is 6.74. The van der Waals surface area contributed by atoms with Crippen molar-refractivity contribution in [2.24, 2.45) is 0 Å². The van der Waals surface area contributed by atoms with E-state index in [-0.39, 0.29) is 22.8 Å². The molecule has 0 saturated carbocycles. The number of pyridine rings is 1. The summed E-state index contributed by atoms with van der Waals surface area (Å²) in [6.45, 7) is 0.363. The second-order valence-corrected chi connectivity index (χ2v) is 6.94. The first-order valence-electron chi connectivity index (χ1n) is 9.18. The van der Waals surface area contributed by atoms with Gasteiger partial charge in [0.2, 0.25) is 0 Å². The largest absolute Gasteiger partial charge is 0.507 e. The molecule has 2 aromatic carbocycles. The van der Waals surface area contributed by atoms with Gasteiger partial charge < -0.3 is 20.3 Å². The summed E-state index contributed by atoms with van der Waals surface area (Å²) >= 11 is 6.24. The van der Waals surface area contributed by atoms with Crippen LogP contribution in [0.25, 0.3) is 22.4 Å². The van der Waals surface area contributed by atoms with Crippen molar-refractivity contribution in [3.8, 4) is 33.9 Å². The first kappa shape index (κ1) is 21.4. The highest BCUT2D eigenvalue weighted by atomic mass is 35.5. The third-order valence-electron chi connectivity index (χ3n) is 4.43. The number of aromatic nitrogens is 1. The van der Waals surface area contributed by atoms with Gasteiger partial charge in [-0.15, -0.1) is 0 Å². The quantitative estimate of drug-likeness (QED) is 0.425. The predicted molar refractivity (Wildman–Crippen MR) is 114 cm³/mol. The van der Waals surface area contributed by atoms with Gasteiger partial charge in [-0.2, -0.15) is 0 Å². The molecule has 0 aliphatic carbocycles. The molecule has 0 saturated heterocycles. The smallest absolute Gasteiger partial charge is 0.303 e. The lowest BCUT2D eigenvalue weighted by Crippen LogP contribution is -2.07. The van der Waals surface area contributed by atoms with Gasteiger partial charge in [-0.05, 0) is 48.4 Å². The standard InChI is InChI=1S/C22H20ClFN2O4/c1-30-14-7-8-15(19(27)12-14)18-10-13(22-16(23)4-2-5-17(22)24)11-20(26-18)25-9-3-6-21(28)29/h2,4-5,7-8,10-12,27H,3,6,9H2,1H3,(H,25,26)(H,28,29). The number of anilines is 1. The molecule has 6 nitrogen and oxygen atoms in total. The Morgan fingerprint density at radius 2 is 2.03 bits per heavy atom. The van der Waals surface area contributed by atoms with Crippen LogP contribution >= 0.6 is 11.6 Å². The number of methoxy groups -OCH3 is 1. The lowest BCUT2D eigenvalue weighted by molar-refractivity contribution is -0.137. The fourth-order valence-corrected chi connectivity index (χ4v) is 3.26. The van der Waals surface area contributed by atoms with Crippen molar-refractivity contribution in [2.75, 3.05) is 19.0 Å². The molecule has 0 atom stereocenters. The third kappa shape index (κ3) is 4.99. The maximum Gasteiger partial charge on any atom is 0.303 e. The Morgan fingerprint density at radius 3 is 2.70 bits per heavy atom. The average Bonchev–Trinajstić information content (AvgIpc) is 2.70. The maximum absolute atomic E-state index is 14.5. The molecule has 0 bridgehead atoms. The van der Waals surface area contributed by atoms with Crippen LogP contribution in [0.4, 0.5) is 10.2 Å². The fraction of sp³-hybridized carbons (Fsp3) is 0.182. The summed E-state index contributed by atoms with van der Waals surface area (Å²) in [4.78, 5) is 15.2. The summed E-state index contributed by atoms with van der Waals surface area (Å²) in [5, 5.41) is 22.5. The number of halogens is 2. The number of ether oxygens (including phenoxy) is 1. The molecule has 0 spiro atoms. The molecule has 0 amide bonds. The number of phenolic OH excluding ortho intramolecular Hbond substituents is 1. The van der Waals surface area contributed by atoms with Gasteiger partial charge in [-0.1, -0.05) is 17.7 Å². The van der Waals surface area contributed by atoms with Crippen molar-refractivity contribution in [1.29, 1.82) is 0 Å². The zero-order chi connectivity index (χ0) is 21.7. The van der Waals surface area contributed by atoms with Crippen molar-refractivity contribution in [3.63, 3.8) is 0 Å². The predicted octanol–water partition coefficient (Wildman–Crippen LogP) is 5.20. The highest BCUT2D eigenvalue weighted by molar-refractivity contribution is 6.33. The van der Waals surface area contributed by atoms with Crippen LogP contribution in [0.5, 0.6) is 11.5 Å². The molecule has 0 radical (unpaired) electrons. The number of aromatic hydroxyl groups is 1. The summed E-state index contributed by atoms with van der Waals surface area (Å²) in [6, 6.07) is 12.5. The SMILES string of the molecule is COc1ccc(-c2cc(-c3c(F)cccc3Cl)cc(NCCCC(=O)O)n2)c(O)c1. The number of rotatable bonds is 8. The number of aliphatic carboxylic acids is 1. The van der Waals surface area contributed by atoms with E-state index in [1.54, 1.807) is 30.3 Å². The molecule has 0 aliphatic rings. The molecular formula is C22H20ClFN2O4. The van der Waals surface area contributed by atoms with E-state index in [9.17, 15) is 14.3 Å². The summed E-state index contributed by atoms with van der Waals surface area (Å²) < 4.78 is 19.6. The highest BCUT2D eigenvalue weighted by Gasteiger charge is 2.15. The fourth-order valence-electron chi connectivity index (χ4n) is 2.99. The molecule has 1 heterocycles. The lowest BCUT2D eigenvalue weighted by Gasteiger charge is -2.14. The Morgan fingerprint density at radius 1 is 1.23 bits per heavy atom. The number of nitrogens with one attached hydrogen (secondary N) is 1. The van der Waals surface area contributed by atoms with Crippen LogP contribution < -0.4 is 10.1 Å². The molecule has 3 aromatic rings. The average molecular weight is 431 g/mol. The van der Waals surface area contributed by atoms with E-state index in [1.807, 2.05) is 0 Å². The van der Waals surface area contributed by atoms with E-state index in [0.717, 1.165) is 0 Å². The van der Waals surface area contributed by atoms with Gasteiger partial charge >= 0.3 is 5.97 Å². The van der Waals surface area contributed by atoms with E-state index >= 15 is 0 Å². The summed E-state index contributed by atoms with van der Waals surface area (Å²) in [7, 11) is 1.49. The lowest BCUT2D eigenvalue weighted by atomic mass is 10.0. The first-order chi connectivity index (χ1) is 14.4. The molecule has 8 heteroatoms. The topological polar surface area (TPSA) is 91.7 Å². The first-order valence-corrected chi connectivity index (χ1v) is 9.56. The number of carboxylic acid groups (broad SMARTS) is 1. The van der Waals surface area contributed by atoms with Crippen LogP contribution in [0.1, 0.15) is 12.8 Å². The van der Waals surface area contributed by atoms with Crippen LogP contribution in [0.3, 0.4) is 0 Å². The minimum Gasteiger partial charge on any atom is -0.507 e. The minimum atomic E-state index is -0.888. The monoisotopic (exact) mass is 430 g/mol. The van der Waals surface area contributed by atoms with E-state index in [0.29, 0.717) is 41.4 Å². The number of benzene rings is 2. The van der Waals surface area contributed by atoms with Crippen molar-refractivity contribution in [3.05, 3.63) is 59.4 Å². The van der Waals surface area contributed by atoms with Gasteiger partial charge in [0.25, 0.3) is 0 Å². The Bertz CT molecular complexity index is 1050. The van der Waals surface area contributed by atoms with Gasteiger partial charge in [-0.25, -0.2) is 9.37 Å². The molecule has 0 fully saturated rings.